The average molecular weight is 246 g/mol. The molecule has 0 aromatic carbocycles. The second-order valence-electron chi connectivity index (χ2n) is 4.06. The summed E-state index contributed by atoms with van der Waals surface area (Å²) in [6.07, 6.45) is 4.11. The minimum Gasteiger partial charge on any atom is -0.271 e. The minimum atomic E-state index is 0.426. The second-order valence-corrected chi connectivity index (χ2v) is 7.09. The van der Waals surface area contributed by atoms with Gasteiger partial charge in [0, 0.05) is 27.5 Å². The molecule has 0 bridgehead atoms. The molecular weight excluding hydrogens is 224 g/mol. The van der Waals surface area contributed by atoms with Crippen molar-refractivity contribution in [2.75, 3.05) is 5.75 Å². The maximum Gasteiger partial charge on any atom is 0.0340 e. The van der Waals surface area contributed by atoms with Crippen LogP contribution in [0.1, 0.15) is 26.7 Å². The molecule has 1 saturated heterocycles. The first-order chi connectivity index (χ1) is 7.19. The third kappa shape index (κ3) is 4.02. The highest BCUT2D eigenvalue weighted by Gasteiger charge is 2.30. The Morgan fingerprint density at radius 2 is 2.27 bits per heavy atom. The quantitative estimate of drug-likeness (QED) is 0.444. The van der Waals surface area contributed by atoms with Crippen molar-refractivity contribution < 1.29 is 0 Å². The molecule has 1 fully saturated rings. The van der Waals surface area contributed by atoms with Gasteiger partial charge in [0.1, 0.15) is 0 Å². The fourth-order valence-electron chi connectivity index (χ4n) is 1.69. The molecule has 88 valence electrons. The van der Waals surface area contributed by atoms with E-state index in [0.717, 1.165) is 23.3 Å². The molecular formula is C11H22N2S2. The van der Waals surface area contributed by atoms with Gasteiger partial charge in [-0.2, -0.15) is 23.5 Å². The standard InChI is InChI=1S/C11H22N2S2/c1-4-5-6-10(13-12)11-7-14-8(2)9(3)15-11/h4,8-11,13H,1,5-7,12H2,2-3H3. The zero-order valence-corrected chi connectivity index (χ0v) is 11.2. The molecule has 0 aromatic heterocycles. The van der Waals surface area contributed by atoms with E-state index in [1.165, 1.54) is 5.75 Å². The van der Waals surface area contributed by atoms with Crippen LogP contribution < -0.4 is 11.3 Å². The van der Waals surface area contributed by atoms with Crippen LogP contribution in [0.3, 0.4) is 0 Å². The second kappa shape index (κ2) is 6.84. The normalized spacial score (nSPS) is 33.7. The first kappa shape index (κ1) is 13.4. The Hall–Kier alpha value is 0.360. The Balaban J connectivity index is 2.43. The van der Waals surface area contributed by atoms with E-state index in [9.17, 15) is 0 Å². The highest BCUT2D eigenvalue weighted by Crippen LogP contribution is 2.37. The Morgan fingerprint density at radius 1 is 1.53 bits per heavy atom. The summed E-state index contributed by atoms with van der Waals surface area (Å²) in [5.41, 5.74) is 2.96. The first-order valence-electron chi connectivity index (χ1n) is 5.53. The van der Waals surface area contributed by atoms with E-state index in [0.29, 0.717) is 11.3 Å². The molecule has 0 aliphatic carbocycles. The molecule has 1 heterocycles. The van der Waals surface area contributed by atoms with E-state index in [1.807, 2.05) is 6.08 Å². The predicted molar refractivity (Wildman–Crippen MR) is 73.3 cm³/mol. The molecule has 4 unspecified atom stereocenters. The van der Waals surface area contributed by atoms with E-state index in [4.69, 9.17) is 5.84 Å². The Morgan fingerprint density at radius 3 is 2.80 bits per heavy atom. The van der Waals surface area contributed by atoms with Gasteiger partial charge in [-0.1, -0.05) is 19.9 Å². The third-order valence-electron chi connectivity index (χ3n) is 2.92. The van der Waals surface area contributed by atoms with Crippen LogP contribution in [-0.4, -0.2) is 27.5 Å². The van der Waals surface area contributed by atoms with E-state index < -0.39 is 0 Å². The lowest BCUT2D eigenvalue weighted by molar-refractivity contribution is 0.494. The van der Waals surface area contributed by atoms with Gasteiger partial charge in [0.2, 0.25) is 0 Å². The fraction of sp³-hybridized carbons (Fsp3) is 0.818. The number of nitrogens with two attached hydrogens (primary N) is 1. The van der Waals surface area contributed by atoms with Crippen molar-refractivity contribution >= 4 is 23.5 Å². The summed E-state index contributed by atoms with van der Waals surface area (Å²) in [5.74, 6) is 6.83. The summed E-state index contributed by atoms with van der Waals surface area (Å²) in [7, 11) is 0. The topological polar surface area (TPSA) is 38.0 Å². The van der Waals surface area contributed by atoms with Gasteiger partial charge in [-0.3, -0.25) is 11.3 Å². The molecule has 4 heteroatoms. The van der Waals surface area contributed by atoms with Crippen molar-refractivity contribution in [3.05, 3.63) is 12.7 Å². The minimum absolute atomic E-state index is 0.426. The molecule has 0 saturated carbocycles. The smallest absolute Gasteiger partial charge is 0.0340 e. The molecule has 1 aliphatic rings. The van der Waals surface area contributed by atoms with Crippen LogP contribution in [0.4, 0.5) is 0 Å². The monoisotopic (exact) mass is 246 g/mol. The van der Waals surface area contributed by atoms with Gasteiger partial charge in [-0.25, -0.2) is 0 Å². The Bertz CT molecular complexity index is 199. The van der Waals surface area contributed by atoms with Gasteiger partial charge in [-0.15, -0.1) is 6.58 Å². The molecule has 3 N–H and O–H groups in total. The predicted octanol–water partition coefficient (Wildman–Crippen LogP) is 2.41. The number of hydrogen-bond acceptors (Lipinski definition) is 4. The van der Waals surface area contributed by atoms with Crippen molar-refractivity contribution in [2.45, 2.75) is 48.5 Å². The third-order valence-corrected chi connectivity index (χ3v) is 6.47. The van der Waals surface area contributed by atoms with Crippen LogP contribution in [0.5, 0.6) is 0 Å². The number of hydrogen-bond donors (Lipinski definition) is 2. The number of hydrazine groups is 1. The van der Waals surface area contributed by atoms with Crippen molar-refractivity contribution in [3.8, 4) is 0 Å². The summed E-state index contributed by atoms with van der Waals surface area (Å²) < 4.78 is 0. The van der Waals surface area contributed by atoms with Gasteiger partial charge in [-0.05, 0) is 12.8 Å². The van der Waals surface area contributed by atoms with Gasteiger partial charge < -0.3 is 0 Å². The summed E-state index contributed by atoms with van der Waals surface area (Å²) >= 11 is 4.15. The summed E-state index contributed by atoms with van der Waals surface area (Å²) in [6, 6.07) is 0.426. The first-order valence-corrected chi connectivity index (χ1v) is 7.52. The van der Waals surface area contributed by atoms with Gasteiger partial charge in [0.15, 0.2) is 0 Å². The van der Waals surface area contributed by atoms with Gasteiger partial charge in [0.05, 0.1) is 0 Å². The zero-order chi connectivity index (χ0) is 11.3. The van der Waals surface area contributed by atoms with Crippen molar-refractivity contribution in [1.29, 1.82) is 0 Å². The van der Waals surface area contributed by atoms with E-state index >= 15 is 0 Å². The maximum absolute atomic E-state index is 5.62. The van der Waals surface area contributed by atoms with Crippen molar-refractivity contribution in [3.63, 3.8) is 0 Å². The lowest BCUT2D eigenvalue weighted by atomic mass is 10.1. The SMILES string of the molecule is C=CCCC(NN)C1CSC(C)C(C)S1. The molecule has 2 nitrogen and oxygen atoms in total. The molecule has 0 amide bonds. The highest BCUT2D eigenvalue weighted by molar-refractivity contribution is 8.07. The molecule has 0 aromatic rings. The Labute approximate surface area is 102 Å². The summed E-state index contributed by atoms with van der Waals surface area (Å²) in [5, 5.41) is 2.14. The fourth-order valence-corrected chi connectivity index (χ4v) is 4.84. The van der Waals surface area contributed by atoms with Crippen molar-refractivity contribution in [1.82, 2.24) is 5.43 Å². The summed E-state index contributed by atoms with van der Waals surface area (Å²) in [6.45, 7) is 8.39. The largest absolute Gasteiger partial charge is 0.271 e. The lowest BCUT2D eigenvalue weighted by Gasteiger charge is -2.35. The number of allylic oxidation sites excluding steroid dienone is 1. The number of thioether (sulfide) groups is 2. The van der Waals surface area contributed by atoms with E-state index in [2.05, 4.69) is 49.4 Å². The number of rotatable bonds is 5. The molecule has 15 heavy (non-hydrogen) atoms. The molecule has 1 rings (SSSR count). The van der Waals surface area contributed by atoms with E-state index in [-0.39, 0.29) is 0 Å². The summed E-state index contributed by atoms with van der Waals surface area (Å²) in [4.78, 5) is 0. The van der Waals surface area contributed by atoms with Crippen LogP contribution in [0, 0.1) is 0 Å². The van der Waals surface area contributed by atoms with Crippen LogP contribution >= 0.6 is 23.5 Å². The van der Waals surface area contributed by atoms with Crippen molar-refractivity contribution in [2.24, 2.45) is 5.84 Å². The zero-order valence-electron chi connectivity index (χ0n) is 9.61. The molecule has 1 aliphatic heterocycles. The van der Waals surface area contributed by atoms with Gasteiger partial charge in [0.25, 0.3) is 0 Å². The average Bonchev–Trinajstić information content (AvgIpc) is 2.24. The van der Waals surface area contributed by atoms with Crippen LogP contribution in [0.15, 0.2) is 12.7 Å². The van der Waals surface area contributed by atoms with Crippen LogP contribution in [-0.2, 0) is 0 Å². The maximum atomic E-state index is 5.62. The van der Waals surface area contributed by atoms with Crippen LogP contribution in [0.2, 0.25) is 0 Å². The van der Waals surface area contributed by atoms with E-state index in [1.54, 1.807) is 0 Å². The number of nitrogens with one attached hydrogen (secondary N) is 1. The Kier molecular flexibility index (Phi) is 6.12. The molecule has 0 radical (unpaired) electrons. The lowest BCUT2D eigenvalue weighted by Crippen LogP contribution is -2.46. The van der Waals surface area contributed by atoms with Crippen LogP contribution in [0.25, 0.3) is 0 Å². The molecule has 0 spiro atoms. The molecule has 4 atom stereocenters. The highest BCUT2D eigenvalue weighted by atomic mass is 32.2. The van der Waals surface area contributed by atoms with Gasteiger partial charge >= 0.3 is 0 Å².